The number of rotatable bonds is 14. The highest BCUT2D eigenvalue weighted by atomic mass is 79.9. The van der Waals surface area contributed by atoms with Crippen molar-refractivity contribution in [3.05, 3.63) is 124 Å². The van der Waals surface area contributed by atoms with E-state index in [1.54, 1.807) is 29.2 Å². The van der Waals surface area contributed by atoms with E-state index in [0.29, 0.717) is 18.0 Å². The number of hydrogen-bond donors (Lipinski definition) is 1. The molecule has 0 bridgehead atoms. The molecule has 0 aliphatic heterocycles. The lowest BCUT2D eigenvalue weighted by Crippen LogP contribution is -2.55. The van der Waals surface area contributed by atoms with Gasteiger partial charge in [0.25, 0.3) is 10.0 Å². The maximum Gasteiger partial charge on any atom is 0.264 e. The number of aryl methyl sites for hydroxylation is 1. The molecule has 1 fully saturated rings. The normalized spacial score (nSPS) is 14.1. The molecule has 10 heteroatoms. The molecule has 5 rings (SSSR count). The van der Waals surface area contributed by atoms with E-state index < -0.39 is 28.5 Å². The molecule has 0 unspecified atom stereocenters. The number of amides is 2. The highest BCUT2D eigenvalue weighted by molar-refractivity contribution is 9.10. The number of hydrogen-bond acceptors (Lipinski definition) is 5. The van der Waals surface area contributed by atoms with Crippen LogP contribution in [0.5, 0.6) is 5.75 Å². The molecule has 1 aliphatic carbocycles. The van der Waals surface area contributed by atoms with Gasteiger partial charge >= 0.3 is 0 Å². The maximum atomic E-state index is 14.7. The Hall–Kier alpha value is -4.15. The van der Waals surface area contributed by atoms with Gasteiger partial charge in [-0.25, -0.2) is 8.42 Å². The second-order valence-electron chi connectivity index (χ2n) is 12.5. The van der Waals surface area contributed by atoms with Gasteiger partial charge < -0.3 is 15.0 Å². The number of carbonyl (C=O) groups excluding carboxylic acids is 2. The Labute approximate surface area is 298 Å². The Kier molecular flexibility index (Phi) is 12.5. The number of benzene rings is 4. The molecule has 49 heavy (non-hydrogen) atoms. The Balaban J connectivity index is 1.55. The van der Waals surface area contributed by atoms with Crippen LogP contribution in [-0.4, -0.2) is 50.4 Å². The number of nitrogens with zero attached hydrogens (tertiary/aromatic N) is 2. The third-order valence-electron chi connectivity index (χ3n) is 8.79. The molecule has 1 saturated carbocycles. The summed E-state index contributed by atoms with van der Waals surface area (Å²) in [6.07, 6.45) is 5.30. The lowest BCUT2D eigenvalue weighted by molar-refractivity contribution is -0.140. The minimum atomic E-state index is -4.21. The van der Waals surface area contributed by atoms with Gasteiger partial charge in [0.15, 0.2) is 0 Å². The molecule has 0 spiro atoms. The van der Waals surface area contributed by atoms with Crippen molar-refractivity contribution in [1.82, 2.24) is 10.2 Å². The summed E-state index contributed by atoms with van der Waals surface area (Å²) in [4.78, 5) is 30.6. The zero-order valence-corrected chi connectivity index (χ0v) is 30.5. The maximum absolute atomic E-state index is 14.7. The third-order valence-corrected chi connectivity index (χ3v) is 11.1. The smallest absolute Gasteiger partial charge is 0.264 e. The van der Waals surface area contributed by atoms with E-state index in [0.717, 1.165) is 57.6 Å². The standard InChI is InChI=1S/C39H44BrN3O5S/c1-3-48-35-21-23-36(24-22-35)49(46,47)43(34-19-17-29(2)18-20-34)28-38(44)42(27-31-13-10-14-32(40)25-31)37(26-30-11-6-4-7-12-30)39(45)41-33-15-8-5-9-16-33/h4,6-7,10-14,17-25,33,37H,3,5,8-9,15-16,26-28H2,1-2H3,(H,41,45)/t37-/m1/s1. The molecule has 258 valence electrons. The molecule has 4 aromatic carbocycles. The van der Waals surface area contributed by atoms with Crippen molar-refractivity contribution in [2.45, 2.75) is 75.9 Å². The quantitative estimate of drug-likeness (QED) is 0.145. The Morgan fingerprint density at radius 2 is 1.55 bits per heavy atom. The van der Waals surface area contributed by atoms with Crippen molar-refractivity contribution in [2.24, 2.45) is 0 Å². The number of carbonyl (C=O) groups is 2. The fourth-order valence-electron chi connectivity index (χ4n) is 6.17. The SMILES string of the molecule is CCOc1ccc(S(=O)(=O)N(CC(=O)N(Cc2cccc(Br)c2)[C@H](Cc2ccccc2)C(=O)NC2CCCCC2)c2ccc(C)cc2)cc1. The van der Waals surface area contributed by atoms with Crippen LogP contribution in [-0.2, 0) is 32.6 Å². The first-order valence-corrected chi connectivity index (χ1v) is 19.1. The highest BCUT2D eigenvalue weighted by Crippen LogP contribution is 2.27. The molecule has 1 N–H and O–H groups in total. The summed E-state index contributed by atoms with van der Waals surface area (Å²) in [5.41, 5.74) is 3.01. The monoisotopic (exact) mass is 745 g/mol. The van der Waals surface area contributed by atoms with E-state index in [1.807, 2.05) is 80.6 Å². The Morgan fingerprint density at radius 3 is 2.20 bits per heavy atom. The summed E-state index contributed by atoms with van der Waals surface area (Å²) in [5, 5.41) is 3.25. The van der Waals surface area contributed by atoms with Crippen molar-refractivity contribution in [2.75, 3.05) is 17.5 Å². The summed E-state index contributed by atoms with van der Waals surface area (Å²) >= 11 is 3.54. The van der Waals surface area contributed by atoms with Crippen molar-refractivity contribution in [1.29, 1.82) is 0 Å². The fourth-order valence-corrected chi connectivity index (χ4v) is 8.03. The minimum Gasteiger partial charge on any atom is -0.494 e. The first kappa shape index (κ1) is 36.1. The average Bonchev–Trinajstić information content (AvgIpc) is 3.10. The molecule has 2 amide bonds. The van der Waals surface area contributed by atoms with Crippen molar-refractivity contribution in [3.63, 3.8) is 0 Å². The topological polar surface area (TPSA) is 96.0 Å². The summed E-state index contributed by atoms with van der Waals surface area (Å²) < 4.78 is 36.2. The summed E-state index contributed by atoms with van der Waals surface area (Å²) in [6.45, 7) is 3.82. The van der Waals surface area contributed by atoms with Crippen LogP contribution in [0.15, 0.2) is 112 Å². The molecule has 4 aromatic rings. The predicted molar refractivity (Wildman–Crippen MR) is 197 cm³/mol. The van der Waals surface area contributed by atoms with E-state index in [9.17, 15) is 18.0 Å². The van der Waals surface area contributed by atoms with Gasteiger partial charge in [0.05, 0.1) is 17.2 Å². The Bertz CT molecular complexity index is 1790. The van der Waals surface area contributed by atoms with Crippen LogP contribution in [0.25, 0.3) is 0 Å². The first-order chi connectivity index (χ1) is 23.6. The van der Waals surface area contributed by atoms with Gasteiger partial charge in [0, 0.05) is 23.5 Å². The van der Waals surface area contributed by atoms with Crippen LogP contribution < -0.4 is 14.4 Å². The fraction of sp³-hybridized carbons (Fsp3) is 0.333. The molecular formula is C39H44BrN3O5S. The van der Waals surface area contributed by atoms with Gasteiger partial charge in [0.1, 0.15) is 18.3 Å². The van der Waals surface area contributed by atoms with Gasteiger partial charge in [0.2, 0.25) is 11.8 Å². The van der Waals surface area contributed by atoms with E-state index in [2.05, 4.69) is 21.2 Å². The number of sulfonamides is 1. The lowest BCUT2D eigenvalue weighted by Gasteiger charge is -2.35. The van der Waals surface area contributed by atoms with Crippen LogP contribution in [0, 0.1) is 6.92 Å². The second-order valence-corrected chi connectivity index (χ2v) is 15.2. The second kappa shape index (κ2) is 17.0. The lowest BCUT2D eigenvalue weighted by atomic mass is 9.94. The van der Waals surface area contributed by atoms with E-state index >= 15 is 0 Å². The highest BCUT2D eigenvalue weighted by Gasteiger charge is 2.35. The summed E-state index contributed by atoms with van der Waals surface area (Å²) in [6, 6.07) is 29.6. The van der Waals surface area contributed by atoms with Crippen LogP contribution >= 0.6 is 15.9 Å². The van der Waals surface area contributed by atoms with Crippen molar-refractivity contribution >= 4 is 43.5 Å². The van der Waals surface area contributed by atoms with Crippen LogP contribution in [0.2, 0.25) is 0 Å². The van der Waals surface area contributed by atoms with Crippen molar-refractivity contribution < 1.29 is 22.7 Å². The molecule has 0 radical (unpaired) electrons. The van der Waals surface area contributed by atoms with Gasteiger partial charge in [-0.1, -0.05) is 95.4 Å². The molecule has 0 saturated heterocycles. The average molecular weight is 747 g/mol. The molecule has 1 atom stereocenters. The molecular weight excluding hydrogens is 702 g/mol. The largest absolute Gasteiger partial charge is 0.494 e. The van der Waals surface area contributed by atoms with Crippen molar-refractivity contribution in [3.8, 4) is 5.75 Å². The van der Waals surface area contributed by atoms with Gasteiger partial charge in [-0.15, -0.1) is 0 Å². The van der Waals surface area contributed by atoms with Gasteiger partial charge in [-0.05, 0) is 86.3 Å². The van der Waals surface area contributed by atoms with Crippen LogP contribution in [0.4, 0.5) is 5.69 Å². The third kappa shape index (κ3) is 9.73. The van der Waals surface area contributed by atoms with Gasteiger partial charge in [-0.2, -0.15) is 0 Å². The predicted octanol–water partition coefficient (Wildman–Crippen LogP) is 7.44. The zero-order chi connectivity index (χ0) is 34.8. The number of anilines is 1. The molecule has 0 heterocycles. The van der Waals surface area contributed by atoms with E-state index in [-0.39, 0.29) is 29.8 Å². The molecule has 8 nitrogen and oxygen atoms in total. The minimum absolute atomic E-state index is 0.0266. The summed E-state index contributed by atoms with van der Waals surface area (Å²) in [5.74, 6) is -0.183. The summed E-state index contributed by atoms with van der Waals surface area (Å²) in [7, 11) is -4.21. The van der Waals surface area contributed by atoms with E-state index in [4.69, 9.17) is 4.74 Å². The van der Waals surface area contributed by atoms with E-state index in [1.165, 1.54) is 12.1 Å². The van der Waals surface area contributed by atoms with Crippen LogP contribution in [0.3, 0.4) is 0 Å². The first-order valence-electron chi connectivity index (χ1n) is 16.8. The van der Waals surface area contributed by atoms with Crippen LogP contribution in [0.1, 0.15) is 55.7 Å². The molecule has 1 aliphatic rings. The zero-order valence-electron chi connectivity index (χ0n) is 28.1. The Morgan fingerprint density at radius 1 is 0.878 bits per heavy atom. The molecule has 0 aromatic heterocycles. The number of ether oxygens (including phenoxy) is 1. The number of halogens is 1. The number of nitrogens with one attached hydrogen (secondary N) is 1. The van der Waals surface area contributed by atoms with Gasteiger partial charge in [-0.3, -0.25) is 13.9 Å².